The van der Waals surface area contributed by atoms with Gasteiger partial charge in [0, 0.05) is 12.1 Å². The van der Waals surface area contributed by atoms with Crippen LogP contribution in [-0.4, -0.2) is 34.8 Å². The summed E-state index contributed by atoms with van der Waals surface area (Å²) >= 11 is 0. The Morgan fingerprint density at radius 3 is 1.95 bits per heavy atom. The number of likely N-dealkylation sites (tertiary alicyclic amines) is 1. The standard InChI is InChI=1S/C34H31NO5/c1-2-39-28-19-15-27(16-20-28)32(36)30-31(35(34(38)33(30)37)22-21-24-9-5-3-6-10-24)26-13-17-29(18-14-26)40-23-25-11-7-4-8-12-25/h3-20,31,36H,2,21-23H2,1H3/b32-30+. The van der Waals surface area contributed by atoms with Gasteiger partial charge < -0.3 is 19.5 Å². The summed E-state index contributed by atoms with van der Waals surface area (Å²) < 4.78 is 11.4. The van der Waals surface area contributed by atoms with Gasteiger partial charge in [-0.3, -0.25) is 9.59 Å². The molecule has 1 unspecified atom stereocenters. The predicted octanol–water partition coefficient (Wildman–Crippen LogP) is 6.33. The number of nitrogens with zero attached hydrogens (tertiary/aromatic N) is 1. The zero-order valence-corrected chi connectivity index (χ0v) is 22.3. The van der Waals surface area contributed by atoms with Crippen LogP contribution in [0.25, 0.3) is 5.76 Å². The maximum Gasteiger partial charge on any atom is 0.295 e. The SMILES string of the molecule is CCOc1ccc(/C(O)=C2\C(=O)C(=O)N(CCc3ccccc3)C2c2ccc(OCc3ccccc3)cc2)cc1. The van der Waals surface area contributed by atoms with Crippen LogP contribution in [0.5, 0.6) is 11.5 Å². The van der Waals surface area contributed by atoms with Gasteiger partial charge in [0.2, 0.25) is 0 Å². The molecule has 1 saturated heterocycles. The second-order valence-electron chi connectivity index (χ2n) is 9.53. The number of Topliss-reactive ketones (excluding diaryl/α,β-unsaturated/α-hetero) is 1. The molecule has 4 aromatic rings. The topological polar surface area (TPSA) is 76.1 Å². The molecule has 1 N–H and O–H groups in total. The number of aliphatic hydroxyl groups excluding tert-OH is 1. The van der Waals surface area contributed by atoms with Crippen molar-refractivity contribution in [3.8, 4) is 11.5 Å². The molecule has 6 nitrogen and oxygen atoms in total. The number of carbonyl (C=O) groups is 2. The van der Waals surface area contributed by atoms with E-state index in [4.69, 9.17) is 9.47 Å². The number of amides is 1. The summed E-state index contributed by atoms with van der Waals surface area (Å²) in [7, 11) is 0. The van der Waals surface area contributed by atoms with Crippen molar-refractivity contribution in [3.63, 3.8) is 0 Å². The van der Waals surface area contributed by atoms with E-state index in [1.807, 2.05) is 91.9 Å². The average Bonchev–Trinajstić information content (AvgIpc) is 3.25. The van der Waals surface area contributed by atoms with Crippen LogP contribution in [0.4, 0.5) is 0 Å². The highest BCUT2D eigenvalue weighted by Crippen LogP contribution is 2.40. The highest BCUT2D eigenvalue weighted by Gasteiger charge is 2.45. The first-order valence-corrected chi connectivity index (χ1v) is 13.4. The summed E-state index contributed by atoms with van der Waals surface area (Å²) in [6.45, 7) is 3.16. The Bertz CT molecular complexity index is 1480. The molecule has 0 saturated carbocycles. The van der Waals surface area contributed by atoms with Crippen LogP contribution in [0, 0.1) is 0 Å². The van der Waals surface area contributed by atoms with Gasteiger partial charge in [0.05, 0.1) is 18.2 Å². The largest absolute Gasteiger partial charge is 0.507 e. The third kappa shape index (κ3) is 5.91. The van der Waals surface area contributed by atoms with Crippen molar-refractivity contribution in [2.24, 2.45) is 0 Å². The van der Waals surface area contributed by atoms with Crippen molar-refractivity contribution >= 4 is 17.4 Å². The van der Waals surface area contributed by atoms with Crippen molar-refractivity contribution in [1.82, 2.24) is 4.90 Å². The van der Waals surface area contributed by atoms with E-state index in [2.05, 4.69) is 0 Å². The van der Waals surface area contributed by atoms with Crippen LogP contribution in [0.1, 0.15) is 35.2 Å². The number of aliphatic hydroxyl groups is 1. The molecule has 0 radical (unpaired) electrons. The third-order valence-electron chi connectivity index (χ3n) is 6.91. The van der Waals surface area contributed by atoms with E-state index < -0.39 is 17.7 Å². The highest BCUT2D eigenvalue weighted by atomic mass is 16.5. The van der Waals surface area contributed by atoms with Crippen molar-refractivity contribution in [3.05, 3.63) is 137 Å². The molecule has 4 aromatic carbocycles. The van der Waals surface area contributed by atoms with Crippen molar-refractivity contribution in [2.45, 2.75) is 26.0 Å². The molecule has 40 heavy (non-hydrogen) atoms. The van der Waals surface area contributed by atoms with Crippen LogP contribution in [0.3, 0.4) is 0 Å². The highest BCUT2D eigenvalue weighted by molar-refractivity contribution is 6.46. The molecule has 6 heteroatoms. The quantitative estimate of drug-likeness (QED) is 0.147. The lowest BCUT2D eigenvalue weighted by atomic mass is 9.95. The monoisotopic (exact) mass is 533 g/mol. The molecule has 0 aliphatic carbocycles. The van der Waals surface area contributed by atoms with E-state index in [1.165, 1.54) is 0 Å². The van der Waals surface area contributed by atoms with Crippen molar-refractivity contribution in [2.75, 3.05) is 13.2 Å². The van der Waals surface area contributed by atoms with Gasteiger partial charge in [-0.15, -0.1) is 0 Å². The number of hydrogen-bond donors (Lipinski definition) is 1. The zero-order valence-electron chi connectivity index (χ0n) is 22.3. The third-order valence-corrected chi connectivity index (χ3v) is 6.91. The molecule has 1 fully saturated rings. The summed E-state index contributed by atoms with van der Waals surface area (Å²) in [4.78, 5) is 28.2. The fraction of sp³-hybridized carbons (Fsp3) is 0.176. The van der Waals surface area contributed by atoms with Gasteiger partial charge in [0.1, 0.15) is 23.9 Å². The summed E-state index contributed by atoms with van der Waals surface area (Å²) in [5.74, 6) is -0.213. The van der Waals surface area contributed by atoms with Gasteiger partial charge in [0.15, 0.2) is 0 Å². The van der Waals surface area contributed by atoms with E-state index in [-0.39, 0.29) is 11.3 Å². The van der Waals surface area contributed by atoms with E-state index >= 15 is 0 Å². The Morgan fingerprint density at radius 2 is 1.32 bits per heavy atom. The molecule has 1 atom stereocenters. The number of carbonyl (C=O) groups excluding carboxylic acids is 2. The summed E-state index contributed by atoms with van der Waals surface area (Å²) in [6, 6.07) is 33.1. The smallest absolute Gasteiger partial charge is 0.295 e. The van der Waals surface area contributed by atoms with Gasteiger partial charge in [-0.25, -0.2) is 0 Å². The van der Waals surface area contributed by atoms with Gasteiger partial charge in [-0.1, -0.05) is 72.8 Å². The minimum Gasteiger partial charge on any atom is -0.507 e. The Kier molecular flexibility index (Phi) is 8.26. The average molecular weight is 534 g/mol. The molecule has 0 bridgehead atoms. The summed E-state index contributed by atoms with van der Waals surface area (Å²) in [6.07, 6.45) is 0.575. The Morgan fingerprint density at radius 1 is 0.750 bits per heavy atom. The predicted molar refractivity (Wildman–Crippen MR) is 154 cm³/mol. The first-order valence-electron chi connectivity index (χ1n) is 13.4. The van der Waals surface area contributed by atoms with E-state index in [0.29, 0.717) is 48.8 Å². The number of rotatable bonds is 10. The first kappa shape index (κ1) is 26.8. The van der Waals surface area contributed by atoms with Crippen LogP contribution in [0.15, 0.2) is 115 Å². The maximum absolute atomic E-state index is 13.4. The van der Waals surface area contributed by atoms with Crippen LogP contribution in [0.2, 0.25) is 0 Å². The van der Waals surface area contributed by atoms with Crippen LogP contribution < -0.4 is 9.47 Å². The molecular weight excluding hydrogens is 502 g/mol. The van der Waals surface area contributed by atoms with Gasteiger partial charge in [0.25, 0.3) is 11.7 Å². The van der Waals surface area contributed by atoms with E-state index in [0.717, 1.165) is 11.1 Å². The molecule has 5 rings (SSSR count). The number of ketones is 1. The lowest BCUT2D eigenvalue weighted by molar-refractivity contribution is -0.139. The summed E-state index contributed by atoms with van der Waals surface area (Å²) in [5, 5.41) is 11.3. The van der Waals surface area contributed by atoms with Crippen LogP contribution >= 0.6 is 0 Å². The van der Waals surface area contributed by atoms with Gasteiger partial charge in [-0.05, 0) is 66.4 Å². The molecule has 0 aromatic heterocycles. The van der Waals surface area contributed by atoms with E-state index in [1.54, 1.807) is 29.2 Å². The minimum atomic E-state index is -0.738. The van der Waals surface area contributed by atoms with Gasteiger partial charge >= 0.3 is 0 Å². The number of ether oxygens (including phenoxy) is 2. The van der Waals surface area contributed by atoms with E-state index in [9.17, 15) is 14.7 Å². The molecule has 1 amide bonds. The van der Waals surface area contributed by atoms with Crippen LogP contribution in [-0.2, 0) is 22.6 Å². The molecule has 202 valence electrons. The number of hydrogen-bond acceptors (Lipinski definition) is 5. The first-order chi connectivity index (χ1) is 19.5. The fourth-order valence-corrected chi connectivity index (χ4v) is 4.87. The number of benzene rings is 4. The molecule has 1 heterocycles. The fourth-order valence-electron chi connectivity index (χ4n) is 4.87. The Balaban J connectivity index is 1.47. The molecule has 1 aliphatic heterocycles. The Hall–Kier alpha value is -4.84. The van der Waals surface area contributed by atoms with Crippen molar-refractivity contribution < 1.29 is 24.2 Å². The second-order valence-corrected chi connectivity index (χ2v) is 9.53. The lowest BCUT2D eigenvalue weighted by Gasteiger charge is -2.25. The second kappa shape index (κ2) is 12.3. The molecular formula is C34H31NO5. The normalized spacial score (nSPS) is 16.2. The molecule has 0 spiro atoms. The lowest BCUT2D eigenvalue weighted by Crippen LogP contribution is -2.31. The zero-order chi connectivity index (χ0) is 27.9. The molecule has 1 aliphatic rings. The Labute approximate surface area is 234 Å². The minimum absolute atomic E-state index is 0.0696. The maximum atomic E-state index is 13.4. The van der Waals surface area contributed by atoms with Gasteiger partial charge in [-0.2, -0.15) is 0 Å². The van der Waals surface area contributed by atoms with Crippen molar-refractivity contribution in [1.29, 1.82) is 0 Å². The summed E-state index contributed by atoms with van der Waals surface area (Å²) in [5.41, 5.74) is 3.33.